The fraction of sp³-hybridized carbons (Fsp3) is 0.629. The maximum Gasteiger partial charge on any atom is 0.410 e. The summed E-state index contributed by atoms with van der Waals surface area (Å²) < 4.78 is 38.9. The Bertz CT molecular complexity index is 1490. The summed E-state index contributed by atoms with van der Waals surface area (Å²) in [5.41, 5.74) is 4.55. The van der Waals surface area contributed by atoms with Gasteiger partial charge in [-0.15, -0.1) is 0 Å². The summed E-state index contributed by atoms with van der Waals surface area (Å²) in [6.45, 7) is 14.0. The molecule has 0 spiro atoms. The molecule has 8 nitrogen and oxygen atoms in total. The van der Waals surface area contributed by atoms with E-state index in [1.807, 2.05) is 26.8 Å². The zero-order valence-electron chi connectivity index (χ0n) is 28.1. The minimum absolute atomic E-state index is 0.00487. The summed E-state index contributed by atoms with van der Waals surface area (Å²) in [5.74, 6) is 1.41. The van der Waals surface area contributed by atoms with Crippen LogP contribution in [-0.4, -0.2) is 49.2 Å². The highest BCUT2D eigenvalue weighted by Gasteiger charge is 2.35. The molecule has 2 atom stereocenters. The SMILES string of the molecule is CCCC(CCC(C)CC)n1nc(N2CCCc3cc(-c4cnn(C)c4)c(C(F)F)cc32)c2c1CCN(C(=O)OC(C)(C)C)C2. The standard InChI is InChI=1S/C35H50F2N6O2/c1-8-11-26(14-13-23(3)9-2)43-30-15-17-41(34(44)45-35(4,5)6)22-29(30)33(39-43)42-16-10-12-24-18-27(25-20-38-40(7)21-25)28(32(36)37)19-31(24)42/h18-21,23,26,32H,8-17,22H2,1-7H3. The number of hydrogen-bond donors (Lipinski definition) is 0. The van der Waals surface area contributed by atoms with Crippen molar-refractivity contribution in [3.8, 4) is 11.1 Å². The molecule has 0 saturated heterocycles. The van der Waals surface area contributed by atoms with E-state index in [1.165, 1.54) is 0 Å². The first-order valence-corrected chi connectivity index (χ1v) is 16.7. The lowest BCUT2D eigenvalue weighted by Crippen LogP contribution is -2.40. The molecule has 1 amide bonds. The van der Waals surface area contributed by atoms with E-state index in [0.717, 1.165) is 73.3 Å². The number of benzene rings is 1. The summed E-state index contributed by atoms with van der Waals surface area (Å²) in [5, 5.41) is 9.56. The first-order chi connectivity index (χ1) is 21.4. The minimum atomic E-state index is -2.64. The second-order valence-electron chi connectivity index (χ2n) is 13.9. The highest BCUT2D eigenvalue weighted by molar-refractivity contribution is 5.77. The zero-order valence-corrected chi connectivity index (χ0v) is 28.1. The van der Waals surface area contributed by atoms with Gasteiger partial charge in [0.25, 0.3) is 6.43 Å². The number of nitrogens with zero attached hydrogens (tertiary/aromatic N) is 6. The number of anilines is 2. The van der Waals surface area contributed by atoms with E-state index >= 15 is 0 Å². The van der Waals surface area contributed by atoms with Gasteiger partial charge in [0.05, 0.1) is 18.8 Å². The number of halogens is 2. The van der Waals surface area contributed by atoms with Gasteiger partial charge in [-0.05, 0) is 82.1 Å². The van der Waals surface area contributed by atoms with Crippen molar-refractivity contribution >= 4 is 17.6 Å². The molecule has 2 aromatic heterocycles. The van der Waals surface area contributed by atoms with Gasteiger partial charge in [0, 0.05) is 60.8 Å². The molecule has 0 aliphatic carbocycles. The van der Waals surface area contributed by atoms with Gasteiger partial charge < -0.3 is 14.5 Å². The number of hydrogen-bond acceptors (Lipinski definition) is 5. The van der Waals surface area contributed by atoms with E-state index in [4.69, 9.17) is 9.84 Å². The van der Waals surface area contributed by atoms with Gasteiger partial charge in [-0.1, -0.05) is 33.6 Å². The number of alkyl halides is 2. The Kier molecular flexibility index (Phi) is 9.89. The van der Waals surface area contributed by atoms with Crippen molar-refractivity contribution in [1.82, 2.24) is 24.5 Å². The predicted molar refractivity (Wildman–Crippen MR) is 174 cm³/mol. The van der Waals surface area contributed by atoms with Crippen LogP contribution in [0.1, 0.15) is 115 Å². The molecule has 2 unspecified atom stereocenters. The molecule has 0 N–H and O–H groups in total. The van der Waals surface area contributed by atoms with Crippen molar-refractivity contribution in [2.45, 2.75) is 118 Å². The van der Waals surface area contributed by atoms with Crippen LogP contribution < -0.4 is 4.90 Å². The fourth-order valence-corrected chi connectivity index (χ4v) is 6.69. The zero-order chi connectivity index (χ0) is 32.5. The summed E-state index contributed by atoms with van der Waals surface area (Å²) >= 11 is 0. The summed E-state index contributed by atoms with van der Waals surface area (Å²) in [6, 6.07) is 3.82. The second-order valence-corrected chi connectivity index (χ2v) is 13.9. The molecule has 1 aromatic carbocycles. The average molecular weight is 625 g/mol. The molecule has 0 radical (unpaired) electrons. The molecule has 0 bridgehead atoms. The highest BCUT2D eigenvalue weighted by Crippen LogP contribution is 2.43. The van der Waals surface area contributed by atoms with Crippen molar-refractivity contribution in [1.29, 1.82) is 0 Å². The maximum absolute atomic E-state index is 14.6. The smallest absolute Gasteiger partial charge is 0.410 e. The van der Waals surface area contributed by atoms with Crippen molar-refractivity contribution in [2.75, 3.05) is 18.0 Å². The van der Waals surface area contributed by atoms with Crippen LogP contribution >= 0.6 is 0 Å². The molecule has 3 aromatic rings. The van der Waals surface area contributed by atoms with Crippen molar-refractivity contribution in [2.24, 2.45) is 13.0 Å². The Balaban J connectivity index is 1.60. The summed E-state index contributed by atoms with van der Waals surface area (Å²) in [7, 11) is 1.79. The van der Waals surface area contributed by atoms with Crippen LogP contribution in [0.25, 0.3) is 11.1 Å². The van der Waals surface area contributed by atoms with Crippen molar-refractivity contribution < 1.29 is 18.3 Å². The lowest BCUT2D eigenvalue weighted by molar-refractivity contribution is 0.0222. The minimum Gasteiger partial charge on any atom is -0.444 e. The van der Waals surface area contributed by atoms with E-state index in [2.05, 4.69) is 35.5 Å². The van der Waals surface area contributed by atoms with Gasteiger partial charge in [-0.2, -0.15) is 10.2 Å². The molecular formula is C35H50F2N6O2. The van der Waals surface area contributed by atoms with Gasteiger partial charge >= 0.3 is 6.09 Å². The number of carbonyl (C=O) groups excluding carboxylic acids is 1. The number of amides is 1. The van der Waals surface area contributed by atoms with Crippen LogP contribution in [-0.2, 0) is 31.2 Å². The van der Waals surface area contributed by atoms with Gasteiger partial charge in [0.15, 0.2) is 5.82 Å². The van der Waals surface area contributed by atoms with Gasteiger partial charge in [-0.3, -0.25) is 9.36 Å². The van der Waals surface area contributed by atoms with E-state index < -0.39 is 12.0 Å². The third-order valence-electron chi connectivity index (χ3n) is 9.25. The largest absolute Gasteiger partial charge is 0.444 e. The van der Waals surface area contributed by atoms with Gasteiger partial charge in [-0.25, -0.2) is 13.6 Å². The first kappa shape index (κ1) is 32.9. The molecule has 0 saturated carbocycles. The lowest BCUT2D eigenvalue weighted by Gasteiger charge is -2.34. The van der Waals surface area contributed by atoms with Crippen molar-refractivity contribution in [3.63, 3.8) is 0 Å². The Labute approximate surface area is 266 Å². The number of carbonyl (C=O) groups is 1. The third-order valence-corrected chi connectivity index (χ3v) is 9.25. The van der Waals surface area contributed by atoms with E-state index in [0.29, 0.717) is 43.1 Å². The molecule has 246 valence electrons. The molecule has 2 aliphatic heterocycles. The monoisotopic (exact) mass is 624 g/mol. The van der Waals surface area contributed by atoms with Crippen molar-refractivity contribution in [3.05, 3.63) is 46.9 Å². The van der Waals surface area contributed by atoms with Crippen LogP contribution in [0.4, 0.5) is 25.1 Å². The molecule has 45 heavy (non-hydrogen) atoms. The maximum atomic E-state index is 14.6. The van der Waals surface area contributed by atoms with Crippen LogP contribution in [0.3, 0.4) is 0 Å². The number of ether oxygens (including phenoxy) is 1. The molecule has 10 heteroatoms. The van der Waals surface area contributed by atoms with E-state index in [9.17, 15) is 13.6 Å². The van der Waals surface area contributed by atoms with Crippen LogP contribution in [0.2, 0.25) is 0 Å². The Morgan fingerprint density at radius 1 is 1.09 bits per heavy atom. The van der Waals surface area contributed by atoms with E-state index in [1.54, 1.807) is 35.1 Å². The van der Waals surface area contributed by atoms with Gasteiger partial charge in [0.2, 0.25) is 0 Å². The number of rotatable bonds is 10. The second kappa shape index (κ2) is 13.5. The fourth-order valence-electron chi connectivity index (χ4n) is 6.69. The molecular weight excluding hydrogens is 574 g/mol. The Morgan fingerprint density at radius 3 is 2.51 bits per heavy atom. The number of aromatic nitrogens is 4. The lowest BCUT2D eigenvalue weighted by atomic mass is 9.92. The van der Waals surface area contributed by atoms with Crippen LogP contribution in [0.15, 0.2) is 24.5 Å². The number of aryl methyl sites for hydroxylation is 2. The van der Waals surface area contributed by atoms with E-state index in [-0.39, 0.29) is 17.7 Å². The predicted octanol–water partition coefficient (Wildman–Crippen LogP) is 8.77. The Morgan fingerprint density at radius 2 is 1.87 bits per heavy atom. The summed E-state index contributed by atoms with van der Waals surface area (Å²) in [4.78, 5) is 17.1. The van der Waals surface area contributed by atoms with Crippen LogP contribution in [0.5, 0.6) is 0 Å². The summed E-state index contributed by atoms with van der Waals surface area (Å²) in [6.07, 6.45) is 8.14. The van der Waals surface area contributed by atoms with Crippen LogP contribution in [0, 0.1) is 5.92 Å². The molecule has 5 rings (SSSR count). The molecule has 4 heterocycles. The average Bonchev–Trinajstić information content (AvgIpc) is 3.60. The first-order valence-electron chi connectivity index (χ1n) is 16.7. The topological polar surface area (TPSA) is 68.4 Å². The molecule has 0 fully saturated rings. The quantitative estimate of drug-likeness (QED) is 0.226. The highest BCUT2D eigenvalue weighted by atomic mass is 19.3. The normalized spacial score (nSPS) is 16.5. The van der Waals surface area contributed by atoms with Gasteiger partial charge in [0.1, 0.15) is 5.60 Å². The Hall–Kier alpha value is -3.43. The molecule has 2 aliphatic rings. The number of fused-ring (bicyclic) bond motifs is 2. The third kappa shape index (κ3) is 7.20.